The molecule has 6 nitrogen and oxygen atoms in total. The molecule has 0 aliphatic carbocycles. The maximum atomic E-state index is 11.6. The molecule has 7 heteroatoms. The molecular weight excluding hydrogens is 314 g/mol. The first kappa shape index (κ1) is 15.4. The van der Waals surface area contributed by atoms with Crippen LogP contribution in [0, 0.1) is 15.5 Å². The molecule has 0 bridgehead atoms. The number of amides is 1. The van der Waals surface area contributed by atoms with Gasteiger partial charge in [0.25, 0.3) is 5.69 Å². The number of hydrogen-bond donors (Lipinski definition) is 2. The molecule has 0 spiro atoms. The van der Waals surface area contributed by atoms with Gasteiger partial charge in [0.1, 0.15) is 5.69 Å². The fourth-order valence-electron chi connectivity index (χ4n) is 1.54. The molecule has 0 aliphatic heterocycles. The Hall–Kier alpha value is -1.63. The molecule has 0 atom stereocenters. The molecule has 104 valence electrons. The lowest BCUT2D eigenvalue weighted by Gasteiger charge is -2.23. The van der Waals surface area contributed by atoms with Crippen LogP contribution >= 0.6 is 15.9 Å². The second-order valence-electron chi connectivity index (χ2n) is 4.74. The highest BCUT2D eigenvalue weighted by atomic mass is 79.9. The van der Waals surface area contributed by atoms with Gasteiger partial charge in [-0.2, -0.15) is 0 Å². The number of nitrogens with one attached hydrogen (secondary N) is 2. The Morgan fingerprint density at radius 3 is 2.63 bits per heavy atom. The molecule has 1 aromatic carbocycles. The molecule has 19 heavy (non-hydrogen) atoms. The van der Waals surface area contributed by atoms with E-state index < -0.39 is 10.3 Å². The predicted molar refractivity (Wildman–Crippen MR) is 77.1 cm³/mol. The first-order valence-electron chi connectivity index (χ1n) is 5.68. The third-order valence-electron chi connectivity index (χ3n) is 2.72. The first-order chi connectivity index (χ1) is 8.77. The molecule has 1 rings (SSSR count). The summed E-state index contributed by atoms with van der Waals surface area (Å²) in [5, 5.41) is 16.4. The van der Waals surface area contributed by atoms with Crippen LogP contribution in [0.2, 0.25) is 0 Å². The molecule has 0 aromatic heterocycles. The van der Waals surface area contributed by atoms with Gasteiger partial charge in [-0.15, -0.1) is 0 Å². The van der Waals surface area contributed by atoms with Gasteiger partial charge in [-0.3, -0.25) is 14.9 Å². The van der Waals surface area contributed by atoms with Crippen LogP contribution in [0.3, 0.4) is 0 Å². The van der Waals surface area contributed by atoms with Gasteiger partial charge in [-0.1, -0.05) is 15.9 Å². The lowest BCUT2D eigenvalue weighted by molar-refractivity contribution is -0.384. The molecular formula is C12H16BrN3O3. The lowest BCUT2D eigenvalue weighted by Crippen LogP contribution is -2.39. The fourth-order valence-corrected chi connectivity index (χ4v) is 1.91. The molecule has 0 saturated carbocycles. The van der Waals surface area contributed by atoms with E-state index >= 15 is 0 Å². The van der Waals surface area contributed by atoms with E-state index in [1.54, 1.807) is 33.0 Å². The Morgan fingerprint density at radius 2 is 2.11 bits per heavy atom. The van der Waals surface area contributed by atoms with Crippen molar-refractivity contribution in [2.75, 3.05) is 18.9 Å². The van der Waals surface area contributed by atoms with Crippen LogP contribution in [0.1, 0.15) is 13.8 Å². The van der Waals surface area contributed by atoms with Crippen molar-refractivity contribution >= 4 is 33.2 Å². The number of halogens is 1. The summed E-state index contributed by atoms with van der Waals surface area (Å²) in [5.41, 5.74) is -0.294. The number of nitro groups is 1. The normalized spacial score (nSPS) is 10.9. The monoisotopic (exact) mass is 329 g/mol. The maximum Gasteiger partial charge on any atom is 0.292 e. The topological polar surface area (TPSA) is 84.3 Å². The smallest absolute Gasteiger partial charge is 0.292 e. The molecule has 1 amide bonds. The quantitative estimate of drug-likeness (QED) is 0.642. The van der Waals surface area contributed by atoms with E-state index in [1.807, 2.05) is 0 Å². The van der Waals surface area contributed by atoms with Crippen molar-refractivity contribution in [3.63, 3.8) is 0 Å². The van der Waals surface area contributed by atoms with Crippen molar-refractivity contribution in [3.05, 3.63) is 32.8 Å². The fraction of sp³-hybridized carbons (Fsp3) is 0.417. The number of anilines is 1. The predicted octanol–water partition coefficient (Wildman–Crippen LogP) is 2.54. The van der Waals surface area contributed by atoms with Crippen LogP contribution in [-0.2, 0) is 4.79 Å². The van der Waals surface area contributed by atoms with Gasteiger partial charge in [-0.25, -0.2) is 0 Å². The van der Waals surface area contributed by atoms with Crippen molar-refractivity contribution in [2.24, 2.45) is 5.41 Å². The highest BCUT2D eigenvalue weighted by Crippen LogP contribution is 2.29. The van der Waals surface area contributed by atoms with Crippen LogP contribution in [0.5, 0.6) is 0 Å². The van der Waals surface area contributed by atoms with Gasteiger partial charge in [0.05, 0.1) is 10.3 Å². The minimum atomic E-state index is -0.662. The van der Waals surface area contributed by atoms with Crippen molar-refractivity contribution in [2.45, 2.75) is 13.8 Å². The third kappa shape index (κ3) is 3.92. The summed E-state index contributed by atoms with van der Waals surface area (Å²) in [6.45, 7) is 3.83. The molecule has 2 N–H and O–H groups in total. The van der Waals surface area contributed by atoms with Gasteiger partial charge in [0.2, 0.25) is 5.91 Å². The largest absolute Gasteiger partial charge is 0.378 e. The van der Waals surface area contributed by atoms with Crippen molar-refractivity contribution < 1.29 is 9.72 Å². The molecule has 0 aliphatic rings. The summed E-state index contributed by atoms with van der Waals surface area (Å²) in [4.78, 5) is 22.1. The summed E-state index contributed by atoms with van der Waals surface area (Å²) >= 11 is 3.27. The second-order valence-corrected chi connectivity index (χ2v) is 5.65. The Kier molecular flexibility index (Phi) is 4.88. The van der Waals surface area contributed by atoms with Gasteiger partial charge >= 0.3 is 0 Å². The van der Waals surface area contributed by atoms with Crippen molar-refractivity contribution in [1.82, 2.24) is 5.32 Å². The number of nitro benzene ring substituents is 1. The van der Waals surface area contributed by atoms with Crippen LogP contribution in [0.25, 0.3) is 0 Å². The summed E-state index contributed by atoms with van der Waals surface area (Å²) < 4.78 is 0.735. The van der Waals surface area contributed by atoms with Gasteiger partial charge in [0, 0.05) is 24.1 Å². The van der Waals surface area contributed by atoms with Gasteiger partial charge < -0.3 is 10.6 Å². The molecule has 0 unspecified atom stereocenters. The maximum absolute atomic E-state index is 11.6. The van der Waals surface area contributed by atoms with Crippen LogP contribution in [0.4, 0.5) is 11.4 Å². The second kappa shape index (κ2) is 6.01. The Morgan fingerprint density at radius 1 is 1.47 bits per heavy atom. The van der Waals surface area contributed by atoms with E-state index in [1.165, 1.54) is 6.07 Å². The number of rotatable bonds is 5. The minimum absolute atomic E-state index is 0.0177. The SMILES string of the molecule is CNC(=O)C(C)(C)CNc1cc(Br)ccc1[N+](=O)[O-]. The van der Waals surface area contributed by atoms with E-state index in [0.29, 0.717) is 12.2 Å². The van der Waals surface area contributed by atoms with Gasteiger partial charge in [0.15, 0.2) is 0 Å². The van der Waals surface area contributed by atoms with Crippen LogP contribution in [-0.4, -0.2) is 24.4 Å². The average Bonchev–Trinajstić information content (AvgIpc) is 2.35. The van der Waals surface area contributed by atoms with Crippen molar-refractivity contribution in [1.29, 1.82) is 0 Å². The van der Waals surface area contributed by atoms with E-state index in [4.69, 9.17) is 0 Å². The molecule has 1 aromatic rings. The summed E-state index contributed by atoms with van der Waals surface area (Å²) in [7, 11) is 1.56. The van der Waals surface area contributed by atoms with E-state index in [9.17, 15) is 14.9 Å². The Bertz CT molecular complexity index is 503. The first-order valence-corrected chi connectivity index (χ1v) is 6.47. The lowest BCUT2D eigenvalue weighted by atomic mass is 9.92. The average molecular weight is 330 g/mol. The summed E-state index contributed by atoms with van der Waals surface area (Å²) in [6.07, 6.45) is 0. The number of hydrogen-bond acceptors (Lipinski definition) is 4. The van der Waals surface area contributed by atoms with E-state index in [0.717, 1.165) is 4.47 Å². The Balaban J connectivity index is 2.91. The highest BCUT2D eigenvalue weighted by Gasteiger charge is 2.27. The van der Waals surface area contributed by atoms with Crippen molar-refractivity contribution in [3.8, 4) is 0 Å². The van der Waals surface area contributed by atoms with Crippen LogP contribution < -0.4 is 10.6 Å². The molecule has 0 radical (unpaired) electrons. The number of benzene rings is 1. The zero-order chi connectivity index (χ0) is 14.6. The minimum Gasteiger partial charge on any atom is -0.378 e. The summed E-state index contributed by atoms with van der Waals surface area (Å²) in [6, 6.07) is 4.64. The standard InChI is InChI=1S/C12H16BrN3O3/c1-12(2,11(17)14-3)7-15-9-6-8(13)4-5-10(9)16(18)19/h4-6,15H,7H2,1-3H3,(H,14,17). The summed E-state index contributed by atoms with van der Waals surface area (Å²) in [5.74, 6) is -0.127. The number of carbonyl (C=O) groups excluding carboxylic acids is 1. The number of carbonyl (C=O) groups is 1. The van der Waals surface area contributed by atoms with Gasteiger partial charge in [-0.05, 0) is 26.0 Å². The Labute approximate surface area is 119 Å². The van der Waals surface area contributed by atoms with E-state index in [-0.39, 0.29) is 11.6 Å². The zero-order valence-electron chi connectivity index (χ0n) is 11.0. The molecule has 0 fully saturated rings. The van der Waals surface area contributed by atoms with Crippen LogP contribution in [0.15, 0.2) is 22.7 Å². The molecule has 0 saturated heterocycles. The third-order valence-corrected chi connectivity index (χ3v) is 3.21. The van der Waals surface area contributed by atoms with E-state index in [2.05, 4.69) is 26.6 Å². The highest BCUT2D eigenvalue weighted by molar-refractivity contribution is 9.10. The zero-order valence-corrected chi connectivity index (χ0v) is 12.6. The molecule has 0 heterocycles. The number of nitrogens with zero attached hydrogens (tertiary/aromatic N) is 1.